The molecule has 0 spiro atoms. The first-order chi connectivity index (χ1) is 10.5. The zero-order valence-electron chi connectivity index (χ0n) is 10.7. The van der Waals surface area contributed by atoms with Crippen LogP contribution in [0.4, 0.5) is 11.6 Å². The van der Waals surface area contributed by atoms with Gasteiger partial charge in [-0.15, -0.1) is 0 Å². The number of aliphatic imine (C=N–C) groups is 1. The summed E-state index contributed by atoms with van der Waals surface area (Å²) in [5.41, 5.74) is 0.0938. The molecule has 1 N–H and O–H groups in total. The van der Waals surface area contributed by atoms with Crippen LogP contribution in [-0.2, 0) is 0 Å². The predicted molar refractivity (Wildman–Crippen MR) is 69.8 cm³/mol. The van der Waals surface area contributed by atoms with E-state index in [1.165, 1.54) is 18.2 Å². The molecule has 9 nitrogen and oxygen atoms in total. The Morgan fingerprint density at radius 2 is 1.95 bits per heavy atom. The molecule has 1 aromatic carbocycles. The van der Waals surface area contributed by atoms with E-state index in [0.29, 0.717) is 0 Å². The van der Waals surface area contributed by atoms with Crippen LogP contribution in [0.3, 0.4) is 0 Å². The van der Waals surface area contributed by atoms with Gasteiger partial charge in [0.1, 0.15) is 10.7 Å². The highest BCUT2D eigenvalue weighted by atomic mass is 16.6. The second-order valence-electron chi connectivity index (χ2n) is 4.29. The number of nitrogens with one attached hydrogen (secondary N) is 1. The van der Waals surface area contributed by atoms with Crippen molar-refractivity contribution in [3.05, 3.63) is 57.3 Å². The molecule has 2 amide bonds. The number of hydrogen-bond donors (Lipinski definition) is 1. The second kappa shape index (κ2) is 4.81. The van der Waals surface area contributed by atoms with E-state index in [2.05, 4.69) is 10.3 Å². The van der Waals surface area contributed by atoms with Crippen LogP contribution in [0.5, 0.6) is 0 Å². The number of hydrogen-bond acceptors (Lipinski definition) is 7. The Labute approximate surface area is 122 Å². The Morgan fingerprint density at radius 1 is 1.18 bits per heavy atom. The Bertz CT molecular complexity index is 851. The van der Waals surface area contributed by atoms with E-state index in [0.717, 1.165) is 12.1 Å². The van der Waals surface area contributed by atoms with Crippen molar-refractivity contribution in [1.82, 2.24) is 5.32 Å². The van der Waals surface area contributed by atoms with Gasteiger partial charge in [0.25, 0.3) is 11.8 Å². The molecule has 3 rings (SSSR count). The van der Waals surface area contributed by atoms with Gasteiger partial charge in [-0.1, -0.05) is 6.07 Å². The number of nitro groups is 1. The highest BCUT2D eigenvalue weighted by molar-refractivity contribution is 6.23. The lowest BCUT2D eigenvalue weighted by atomic mass is 10.1. The van der Waals surface area contributed by atoms with E-state index in [9.17, 15) is 24.8 Å². The predicted octanol–water partition coefficient (Wildman–Crippen LogP) is 0.510. The van der Waals surface area contributed by atoms with Crippen molar-refractivity contribution in [2.45, 2.75) is 0 Å². The van der Waals surface area contributed by atoms with E-state index >= 15 is 0 Å². The third-order valence-corrected chi connectivity index (χ3v) is 2.95. The normalized spacial score (nSPS) is 13.9. The van der Waals surface area contributed by atoms with Gasteiger partial charge in [0.15, 0.2) is 0 Å². The maximum absolute atomic E-state index is 11.9. The minimum Gasteiger partial charge on any atom is -0.856 e. The number of imide groups is 1. The molecule has 22 heavy (non-hydrogen) atoms. The molecule has 0 fully saturated rings. The van der Waals surface area contributed by atoms with Gasteiger partial charge < -0.3 is 9.52 Å². The molecule has 2 heterocycles. The number of carbonyl (C=O) groups is 2. The van der Waals surface area contributed by atoms with Gasteiger partial charge in [0, 0.05) is 5.90 Å². The molecule has 0 saturated carbocycles. The van der Waals surface area contributed by atoms with Crippen LogP contribution in [0.2, 0.25) is 0 Å². The monoisotopic (exact) mass is 300 g/mol. The number of rotatable bonds is 3. The number of nitrogens with zero attached hydrogens (tertiary/aromatic N) is 2. The minimum absolute atomic E-state index is 0.00935. The number of amides is 2. The third-order valence-electron chi connectivity index (χ3n) is 2.95. The van der Waals surface area contributed by atoms with Crippen molar-refractivity contribution in [3.63, 3.8) is 0 Å². The van der Waals surface area contributed by atoms with Crippen LogP contribution in [0.15, 0.2) is 39.7 Å². The van der Waals surface area contributed by atoms with Crippen molar-refractivity contribution >= 4 is 29.3 Å². The Balaban J connectivity index is 2.04. The fraction of sp³-hybridized carbons (Fsp3) is 0. The number of carbonyl (C=O) groups excluding carboxylic acids is 2. The Morgan fingerprint density at radius 3 is 2.64 bits per heavy atom. The standard InChI is InChI=1S/C13H7N3O6/c17-11-6-2-1-3-7(10(6)13(19)15-11)14-12(18)8-4-5-9(22-8)16(20)21/h1-5H,(H,14,18)(H,15,17,19)/p-1. The third kappa shape index (κ3) is 2.10. The molecule has 1 aliphatic heterocycles. The van der Waals surface area contributed by atoms with Crippen LogP contribution in [0.1, 0.15) is 26.5 Å². The Hall–Kier alpha value is -3.49. The molecule has 1 aromatic heterocycles. The molecule has 0 aliphatic carbocycles. The van der Waals surface area contributed by atoms with Crippen LogP contribution >= 0.6 is 0 Å². The molecular weight excluding hydrogens is 294 g/mol. The zero-order chi connectivity index (χ0) is 15.9. The van der Waals surface area contributed by atoms with E-state index in [-0.39, 0.29) is 22.6 Å². The zero-order valence-corrected chi connectivity index (χ0v) is 10.7. The first-order valence-corrected chi connectivity index (χ1v) is 5.96. The van der Waals surface area contributed by atoms with Gasteiger partial charge in [0.2, 0.25) is 0 Å². The molecule has 0 unspecified atom stereocenters. The highest BCUT2D eigenvalue weighted by Gasteiger charge is 2.29. The van der Waals surface area contributed by atoms with Crippen LogP contribution in [-0.4, -0.2) is 22.6 Å². The number of furan rings is 1. The first kappa shape index (κ1) is 13.5. The fourth-order valence-corrected chi connectivity index (χ4v) is 2.00. The SMILES string of the molecule is O=C1NC(=O)c2c(N=C([O-])c3ccc([N+](=O)[O-])o3)cccc21. The van der Waals surface area contributed by atoms with E-state index in [4.69, 9.17) is 4.42 Å². The van der Waals surface area contributed by atoms with Crippen LogP contribution in [0.25, 0.3) is 0 Å². The lowest BCUT2D eigenvalue weighted by Gasteiger charge is -2.08. The number of fused-ring (bicyclic) bond motifs is 1. The molecular formula is C13H6N3O6-. The van der Waals surface area contributed by atoms with E-state index < -0.39 is 28.5 Å². The smallest absolute Gasteiger partial charge is 0.433 e. The molecule has 9 heteroatoms. The van der Waals surface area contributed by atoms with Crippen molar-refractivity contribution in [3.8, 4) is 0 Å². The average molecular weight is 300 g/mol. The molecule has 1 aliphatic rings. The van der Waals surface area contributed by atoms with Gasteiger partial charge in [-0.2, -0.15) is 0 Å². The summed E-state index contributed by atoms with van der Waals surface area (Å²) in [4.78, 5) is 36.6. The van der Waals surface area contributed by atoms with Crippen LogP contribution in [0, 0.1) is 10.1 Å². The molecule has 110 valence electrons. The van der Waals surface area contributed by atoms with Crippen molar-refractivity contribution in [2.24, 2.45) is 4.99 Å². The summed E-state index contributed by atoms with van der Waals surface area (Å²) in [6.07, 6.45) is 0. The topological polar surface area (TPSA) is 138 Å². The average Bonchev–Trinajstić information content (AvgIpc) is 3.06. The summed E-state index contributed by atoms with van der Waals surface area (Å²) >= 11 is 0. The van der Waals surface area contributed by atoms with Crippen molar-refractivity contribution < 1.29 is 24.0 Å². The quantitative estimate of drug-likeness (QED) is 0.288. The fourth-order valence-electron chi connectivity index (χ4n) is 2.00. The van der Waals surface area contributed by atoms with Gasteiger partial charge in [-0.3, -0.25) is 30.0 Å². The lowest BCUT2D eigenvalue weighted by molar-refractivity contribution is -0.402. The van der Waals surface area contributed by atoms with Crippen molar-refractivity contribution in [1.29, 1.82) is 0 Å². The lowest BCUT2D eigenvalue weighted by Crippen LogP contribution is -2.20. The molecule has 0 bridgehead atoms. The largest absolute Gasteiger partial charge is 0.856 e. The van der Waals surface area contributed by atoms with Gasteiger partial charge in [-0.05, 0) is 18.2 Å². The summed E-state index contributed by atoms with van der Waals surface area (Å²) in [6.45, 7) is 0. The van der Waals surface area contributed by atoms with Gasteiger partial charge in [0.05, 0.1) is 22.9 Å². The highest BCUT2D eigenvalue weighted by Crippen LogP contribution is 2.27. The van der Waals surface area contributed by atoms with Crippen molar-refractivity contribution in [2.75, 3.05) is 0 Å². The first-order valence-electron chi connectivity index (χ1n) is 5.96. The summed E-state index contributed by atoms with van der Waals surface area (Å²) in [5.74, 6) is -3.05. The number of benzene rings is 1. The Kier molecular flexibility index (Phi) is 2.95. The summed E-state index contributed by atoms with van der Waals surface area (Å²) in [5, 5.41) is 24.5. The summed E-state index contributed by atoms with van der Waals surface area (Å²) < 4.78 is 4.74. The van der Waals surface area contributed by atoms with Gasteiger partial charge in [-0.25, -0.2) is 0 Å². The molecule has 2 aromatic rings. The summed E-state index contributed by atoms with van der Waals surface area (Å²) in [7, 11) is 0. The molecule has 0 radical (unpaired) electrons. The minimum atomic E-state index is -0.895. The van der Waals surface area contributed by atoms with Gasteiger partial charge >= 0.3 is 5.88 Å². The maximum Gasteiger partial charge on any atom is 0.433 e. The second-order valence-corrected chi connectivity index (χ2v) is 4.29. The maximum atomic E-state index is 11.9. The van der Waals surface area contributed by atoms with E-state index in [1.54, 1.807) is 0 Å². The summed E-state index contributed by atoms with van der Waals surface area (Å²) in [6, 6.07) is 6.41. The molecule has 0 saturated heterocycles. The van der Waals surface area contributed by atoms with E-state index in [1.807, 2.05) is 0 Å². The molecule has 0 atom stereocenters. The van der Waals surface area contributed by atoms with Crippen LogP contribution < -0.4 is 10.4 Å².